The van der Waals surface area contributed by atoms with Gasteiger partial charge in [-0.2, -0.15) is 13.2 Å². The Kier molecular flexibility index (Phi) is 4.68. The Balaban J connectivity index is 1.36. The van der Waals surface area contributed by atoms with Crippen molar-refractivity contribution in [3.8, 4) is 5.75 Å². The van der Waals surface area contributed by atoms with E-state index in [0.29, 0.717) is 32.1 Å². The summed E-state index contributed by atoms with van der Waals surface area (Å²) in [5, 5.41) is -0.0197. The number of primary amides is 1. The lowest BCUT2D eigenvalue weighted by molar-refractivity contribution is -0.138. The van der Waals surface area contributed by atoms with Crippen LogP contribution in [-0.4, -0.2) is 47.1 Å². The molecule has 2 amide bonds. The van der Waals surface area contributed by atoms with Crippen molar-refractivity contribution in [1.29, 1.82) is 0 Å². The zero-order valence-electron chi connectivity index (χ0n) is 15.1. The zero-order valence-corrected chi connectivity index (χ0v) is 15.9. The van der Waals surface area contributed by atoms with Crippen LogP contribution in [0.4, 0.5) is 23.9 Å². The number of nitrogens with two attached hydrogens (primary N) is 1. The fraction of sp³-hybridized carbons (Fsp3) is 0.389. The average molecular weight is 428 g/mol. The number of anilines is 1. The van der Waals surface area contributed by atoms with Gasteiger partial charge < -0.3 is 20.3 Å². The number of rotatable bonds is 4. The molecule has 2 aromatic rings. The number of ether oxygens (including phenoxy) is 1. The van der Waals surface area contributed by atoms with Crippen LogP contribution in [0.3, 0.4) is 0 Å². The van der Waals surface area contributed by atoms with Crippen LogP contribution < -0.4 is 15.4 Å². The number of likely N-dealkylation sites (tertiary alicyclic amines) is 1. The number of hydrogen-bond donors (Lipinski definition) is 1. The summed E-state index contributed by atoms with van der Waals surface area (Å²) in [4.78, 5) is 23.1. The first kappa shape index (κ1) is 19.6. The fourth-order valence-electron chi connectivity index (χ4n) is 3.70. The number of benzene rings is 1. The number of hydrogen-bond acceptors (Lipinski definition) is 5. The molecule has 2 aliphatic heterocycles. The molecule has 1 spiro atoms. The number of amides is 2. The minimum absolute atomic E-state index is 0.0197. The van der Waals surface area contributed by atoms with E-state index in [-0.39, 0.29) is 28.4 Å². The molecule has 1 aromatic heterocycles. The molecule has 0 radical (unpaired) electrons. The summed E-state index contributed by atoms with van der Waals surface area (Å²) in [7, 11) is 0. The number of carbonyl (C=O) groups excluding carboxylic acids is 1. The maximum absolute atomic E-state index is 13.1. The van der Waals surface area contributed by atoms with E-state index in [1.54, 1.807) is 4.90 Å². The Morgan fingerprint density at radius 2 is 1.86 bits per heavy atom. The van der Waals surface area contributed by atoms with Crippen LogP contribution in [0, 0.1) is 5.41 Å². The Bertz CT molecular complexity index is 924. The van der Waals surface area contributed by atoms with Crippen molar-refractivity contribution in [1.82, 2.24) is 14.9 Å². The second-order valence-electron chi connectivity index (χ2n) is 7.32. The number of urea groups is 1. The summed E-state index contributed by atoms with van der Waals surface area (Å²) < 4.78 is 44.8. The summed E-state index contributed by atoms with van der Waals surface area (Å²) in [6, 6.07) is 3.18. The highest BCUT2D eigenvalue weighted by Crippen LogP contribution is 2.41. The molecule has 2 fully saturated rings. The SMILES string of the molecule is NC(=O)N1CC2(C1)CN(c1ncc(OCc3c(Cl)cccc3C(F)(F)F)cn1)C2. The third-order valence-corrected chi connectivity index (χ3v) is 5.48. The molecule has 2 N–H and O–H groups in total. The Morgan fingerprint density at radius 3 is 2.45 bits per heavy atom. The van der Waals surface area contributed by atoms with E-state index in [0.717, 1.165) is 6.07 Å². The number of aromatic nitrogens is 2. The van der Waals surface area contributed by atoms with E-state index in [4.69, 9.17) is 22.1 Å². The van der Waals surface area contributed by atoms with Gasteiger partial charge in [-0.05, 0) is 12.1 Å². The van der Waals surface area contributed by atoms with Crippen molar-refractivity contribution < 1.29 is 22.7 Å². The maximum Gasteiger partial charge on any atom is 0.416 e. The summed E-state index contributed by atoms with van der Waals surface area (Å²) in [5.74, 6) is 0.731. The molecular formula is C18H17ClF3N5O2. The number of carbonyl (C=O) groups is 1. The van der Waals surface area contributed by atoms with E-state index in [9.17, 15) is 18.0 Å². The normalized spacial score (nSPS) is 17.7. The monoisotopic (exact) mass is 427 g/mol. The van der Waals surface area contributed by atoms with Crippen molar-refractivity contribution in [2.45, 2.75) is 12.8 Å². The molecule has 154 valence electrons. The summed E-state index contributed by atoms with van der Waals surface area (Å²) in [6.45, 7) is 2.32. The van der Waals surface area contributed by atoms with Gasteiger partial charge in [-0.15, -0.1) is 0 Å². The van der Waals surface area contributed by atoms with Crippen LogP contribution in [0.5, 0.6) is 5.75 Å². The Morgan fingerprint density at radius 1 is 1.21 bits per heavy atom. The first-order chi connectivity index (χ1) is 13.7. The van der Waals surface area contributed by atoms with Gasteiger partial charge in [0.2, 0.25) is 5.95 Å². The lowest BCUT2D eigenvalue weighted by Crippen LogP contribution is -2.73. The number of nitrogens with zero attached hydrogens (tertiary/aromatic N) is 4. The van der Waals surface area contributed by atoms with Gasteiger partial charge in [-0.1, -0.05) is 17.7 Å². The molecule has 1 aromatic carbocycles. The maximum atomic E-state index is 13.1. The summed E-state index contributed by atoms with van der Waals surface area (Å²) >= 11 is 5.92. The van der Waals surface area contributed by atoms with Crippen LogP contribution in [0.25, 0.3) is 0 Å². The second-order valence-corrected chi connectivity index (χ2v) is 7.73. The molecule has 0 bridgehead atoms. The molecule has 0 saturated carbocycles. The van der Waals surface area contributed by atoms with Crippen molar-refractivity contribution in [2.75, 3.05) is 31.1 Å². The van der Waals surface area contributed by atoms with Gasteiger partial charge in [0.25, 0.3) is 0 Å². The lowest BCUT2D eigenvalue weighted by atomic mass is 9.73. The molecule has 11 heteroatoms. The highest BCUT2D eigenvalue weighted by Gasteiger charge is 2.53. The summed E-state index contributed by atoms with van der Waals surface area (Å²) in [6.07, 6.45) is -1.70. The van der Waals surface area contributed by atoms with Crippen LogP contribution in [0.1, 0.15) is 11.1 Å². The predicted molar refractivity (Wildman–Crippen MR) is 98.6 cm³/mol. The van der Waals surface area contributed by atoms with Gasteiger partial charge in [0.15, 0.2) is 5.75 Å². The van der Waals surface area contributed by atoms with Gasteiger partial charge in [0.05, 0.1) is 18.0 Å². The highest BCUT2D eigenvalue weighted by molar-refractivity contribution is 6.31. The molecule has 2 saturated heterocycles. The molecule has 4 rings (SSSR count). The summed E-state index contributed by atoms with van der Waals surface area (Å²) in [5.41, 5.74) is 4.31. The molecule has 29 heavy (non-hydrogen) atoms. The smallest absolute Gasteiger partial charge is 0.416 e. The average Bonchev–Trinajstić information content (AvgIpc) is 2.58. The molecule has 2 aliphatic rings. The number of alkyl halides is 3. The van der Waals surface area contributed by atoms with Gasteiger partial charge in [0.1, 0.15) is 6.61 Å². The van der Waals surface area contributed by atoms with Crippen LogP contribution in [0.2, 0.25) is 5.02 Å². The molecular weight excluding hydrogens is 411 g/mol. The third kappa shape index (κ3) is 3.76. The van der Waals surface area contributed by atoms with Crippen LogP contribution >= 0.6 is 11.6 Å². The molecule has 3 heterocycles. The fourth-order valence-corrected chi connectivity index (χ4v) is 3.93. The first-order valence-electron chi connectivity index (χ1n) is 8.76. The van der Waals surface area contributed by atoms with E-state index >= 15 is 0 Å². The van der Waals surface area contributed by atoms with Crippen molar-refractivity contribution >= 4 is 23.6 Å². The van der Waals surface area contributed by atoms with E-state index < -0.39 is 17.8 Å². The molecule has 0 aliphatic carbocycles. The zero-order chi connectivity index (χ0) is 20.8. The predicted octanol–water partition coefficient (Wildman–Crippen LogP) is 2.93. The molecule has 7 nitrogen and oxygen atoms in total. The van der Waals surface area contributed by atoms with Gasteiger partial charge >= 0.3 is 12.2 Å². The minimum atomic E-state index is -4.52. The highest BCUT2D eigenvalue weighted by atomic mass is 35.5. The Labute approximate surface area is 169 Å². The second kappa shape index (κ2) is 6.94. The van der Waals surface area contributed by atoms with E-state index in [1.165, 1.54) is 24.5 Å². The third-order valence-electron chi connectivity index (χ3n) is 5.12. The Hall–Kier alpha value is -2.75. The van der Waals surface area contributed by atoms with Crippen molar-refractivity contribution in [3.05, 3.63) is 46.7 Å². The van der Waals surface area contributed by atoms with Crippen molar-refractivity contribution in [2.24, 2.45) is 11.1 Å². The first-order valence-corrected chi connectivity index (χ1v) is 9.13. The quantitative estimate of drug-likeness (QED) is 0.811. The van der Waals surface area contributed by atoms with Gasteiger partial charge in [-0.3, -0.25) is 0 Å². The van der Waals surface area contributed by atoms with Crippen LogP contribution in [-0.2, 0) is 12.8 Å². The molecule has 0 atom stereocenters. The molecule has 0 unspecified atom stereocenters. The standard InChI is InChI=1S/C18H17ClF3N5O2/c19-14-3-1-2-13(18(20,21)22)12(14)6-29-11-4-24-16(25-5-11)27-9-17(10-27)7-26(8-17)15(23)28/h1-5H,6-10H2,(H2,23,28). The minimum Gasteiger partial charge on any atom is -0.486 e. The topological polar surface area (TPSA) is 84.6 Å². The van der Waals surface area contributed by atoms with E-state index in [2.05, 4.69) is 9.97 Å². The van der Waals surface area contributed by atoms with Crippen molar-refractivity contribution in [3.63, 3.8) is 0 Å². The lowest BCUT2D eigenvalue weighted by Gasteiger charge is -2.59. The van der Waals surface area contributed by atoms with Crippen LogP contribution in [0.15, 0.2) is 30.6 Å². The number of halogens is 4. The largest absolute Gasteiger partial charge is 0.486 e. The van der Waals surface area contributed by atoms with Gasteiger partial charge in [-0.25, -0.2) is 14.8 Å². The van der Waals surface area contributed by atoms with Gasteiger partial charge in [0, 0.05) is 42.2 Å². The van der Waals surface area contributed by atoms with E-state index in [1.807, 2.05) is 4.90 Å².